The van der Waals surface area contributed by atoms with Crippen molar-refractivity contribution in [2.24, 2.45) is 0 Å². The van der Waals surface area contributed by atoms with Gasteiger partial charge in [0, 0.05) is 27.5 Å². The van der Waals surface area contributed by atoms with Crippen LogP contribution in [0, 0.1) is 0 Å². The van der Waals surface area contributed by atoms with Crippen LogP contribution in [0.15, 0.2) is 89.4 Å². The summed E-state index contributed by atoms with van der Waals surface area (Å²) in [7, 11) is 0. The van der Waals surface area contributed by atoms with E-state index in [1.54, 1.807) is 48.5 Å². The SMILES string of the molecule is O=C(/C=C(/Nc1cccc(C(F)(F)F)c1)c1ccccc1)c1ccccc1Br. The fourth-order valence-electron chi connectivity index (χ4n) is 2.61. The molecule has 0 aliphatic rings. The van der Waals surface area contributed by atoms with Gasteiger partial charge in [0.1, 0.15) is 0 Å². The molecule has 1 N–H and O–H groups in total. The molecule has 0 saturated heterocycles. The molecule has 28 heavy (non-hydrogen) atoms. The number of halogens is 4. The number of hydrogen-bond donors (Lipinski definition) is 1. The maximum Gasteiger partial charge on any atom is 0.416 e. The highest BCUT2D eigenvalue weighted by Gasteiger charge is 2.30. The molecule has 0 atom stereocenters. The predicted octanol–water partition coefficient (Wildman–Crippen LogP) is 6.80. The molecule has 0 bridgehead atoms. The number of hydrogen-bond acceptors (Lipinski definition) is 2. The van der Waals surface area contributed by atoms with Crippen LogP contribution in [0.2, 0.25) is 0 Å². The quantitative estimate of drug-likeness (QED) is 0.345. The van der Waals surface area contributed by atoms with Crippen molar-refractivity contribution >= 4 is 33.1 Å². The molecule has 3 aromatic carbocycles. The number of carbonyl (C=O) groups excluding carboxylic acids is 1. The van der Waals surface area contributed by atoms with Crippen LogP contribution in [0.4, 0.5) is 18.9 Å². The fraction of sp³-hybridized carbons (Fsp3) is 0.0455. The van der Waals surface area contributed by atoms with Crippen LogP contribution in [0.5, 0.6) is 0 Å². The zero-order valence-electron chi connectivity index (χ0n) is 14.5. The third kappa shape index (κ3) is 4.89. The van der Waals surface area contributed by atoms with Gasteiger partial charge in [-0.15, -0.1) is 0 Å². The Bertz CT molecular complexity index is 1010. The molecule has 3 rings (SSSR count). The van der Waals surface area contributed by atoms with Crippen LogP contribution in [0.3, 0.4) is 0 Å². The smallest absolute Gasteiger partial charge is 0.355 e. The van der Waals surface area contributed by atoms with E-state index in [1.807, 2.05) is 6.07 Å². The van der Waals surface area contributed by atoms with Crippen molar-refractivity contribution in [1.29, 1.82) is 0 Å². The van der Waals surface area contributed by atoms with Gasteiger partial charge in [-0.2, -0.15) is 13.2 Å². The molecular weight excluding hydrogens is 431 g/mol. The summed E-state index contributed by atoms with van der Waals surface area (Å²) in [6.45, 7) is 0. The van der Waals surface area contributed by atoms with Crippen LogP contribution in [0.1, 0.15) is 21.5 Å². The lowest BCUT2D eigenvalue weighted by atomic mass is 10.1. The Morgan fingerprint density at radius 3 is 2.25 bits per heavy atom. The molecule has 0 spiro atoms. The molecule has 0 amide bonds. The summed E-state index contributed by atoms with van der Waals surface area (Å²) in [6.07, 6.45) is -3.06. The van der Waals surface area contributed by atoms with Gasteiger partial charge in [0.15, 0.2) is 5.78 Å². The van der Waals surface area contributed by atoms with Crippen molar-refractivity contribution in [2.75, 3.05) is 5.32 Å². The first-order valence-corrected chi connectivity index (χ1v) is 9.14. The first-order valence-electron chi connectivity index (χ1n) is 8.35. The van der Waals surface area contributed by atoms with Crippen molar-refractivity contribution in [2.45, 2.75) is 6.18 Å². The number of nitrogens with one attached hydrogen (secondary N) is 1. The number of benzene rings is 3. The van der Waals surface area contributed by atoms with E-state index in [1.165, 1.54) is 18.2 Å². The average molecular weight is 446 g/mol. The monoisotopic (exact) mass is 445 g/mol. The van der Waals surface area contributed by atoms with Crippen LogP contribution in [-0.4, -0.2) is 5.78 Å². The maximum atomic E-state index is 13.0. The highest BCUT2D eigenvalue weighted by molar-refractivity contribution is 9.10. The topological polar surface area (TPSA) is 29.1 Å². The summed E-state index contributed by atoms with van der Waals surface area (Å²) in [6, 6.07) is 20.8. The van der Waals surface area contributed by atoms with Gasteiger partial charge < -0.3 is 5.32 Å². The van der Waals surface area contributed by atoms with E-state index in [4.69, 9.17) is 0 Å². The lowest BCUT2D eigenvalue weighted by molar-refractivity contribution is -0.137. The molecule has 0 aliphatic carbocycles. The number of ketones is 1. The first-order chi connectivity index (χ1) is 13.3. The molecule has 0 radical (unpaired) electrons. The molecule has 0 aliphatic heterocycles. The van der Waals surface area contributed by atoms with Crippen LogP contribution < -0.4 is 5.32 Å². The van der Waals surface area contributed by atoms with Gasteiger partial charge in [0.2, 0.25) is 0 Å². The summed E-state index contributed by atoms with van der Waals surface area (Å²) in [5, 5.41) is 2.95. The normalized spacial score (nSPS) is 11.9. The molecule has 2 nitrogen and oxygen atoms in total. The van der Waals surface area contributed by atoms with Crippen molar-refractivity contribution in [1.82, 2.24) is 0 Å². The molecule has 0 fully saturated rings. The van der Waals surface area contributed by atoms with E-state index in [-0.39, 0.29) is 11.5 Å². The number of alkyl halides is 3. The van der Waals surface area contributed by atoms with Crippen molar-refractivity contribution < 1.29 is 18.0 Å². The van der Waals surface area contributed by atoms with Gasteiger partial charge in [0.05, 0.1) is 5.56 Å². The van der Waals surface area contributed by atoms with Crippen molar-refractivity contribution in [3.8, 4) is 0 Å². The Balaban J connectivity index is 2.00. The zero-order valence-corrected chi connectivity index (χ0v) is 16.1. The van der Waals surface area contributed by atoms with E-state index in [9.17, 15) is 18.0 Å². The maximum absolute atomic E-state index is 13.0. The Kier molecular flexibility index (Phi) is 5.99. The van der Waals surface area contributed by atoms with E-state index in [2.05, 4.69) is 21.2 Å². The Morgan fingerprint density at radius 1 is 0.893 bits per heavy atom. The molecule has 0 heterocycles. The van der Waals surface area contributed by atoms with E-state index in [0.717, 1.165) is 12.1 Å². The molecule has 0 unspecified atom stereocenters. The lowest BCUT2D eigenvalue weighted by Gasteiger charge is -2.14. The van der Waals surface area contributed by atoms with Gasteiger partial charge in [-0.25, -0.2) is 0 Å². The summed E-state index contributed by atoms with van der Waals surface area (Å²) >= 11 is 3.35. The summed E-state index contributed by atoms with van der Waals surface area (Å²) < 4.78 is 39.6. The highest BCUT2D eigenvalue weighted by Crippen LogP contribution is 2.31. The third-order valence-corrected chi connectivity index (χ3v) is 4.66. The predicted molar refractivity (Wildman–Crippen MR) is 108 cm³/mol. The molecule has 6 heteroatoms. The summed E-state index contributed by atoms with van der Waals surface area (Å²) in [5.41, 5.74) is 1.02. The fourth-order valence-corrected chi connectivity index (χ4v) is 3.09. The minimum Gasteiger partial charge on any atom is -0.355 e. The van der Waals surface area contributed by atoms with E-state index < -0.39 is 11.7 Å². The Labute approximate surface area is 168 Å². The number of carbonyl (C=O) groups is 1. The minimum absolute atomic E-state index is 0.241. The molecule has 0 aromatic heterocycles. The second kappa shape index (κ2) is 8.44. The summed E-state index contributed by atoms with van der Waals surface area (Å²) in [4.78, 5) is 12.7. The first kappa shape index (κ1) is 19.9. The Hall–Kier alpha value is -2.86. The van der Waals surface area contributed by atoms with Gasteiger partial charge in [-0.3, -0.25) is 4.79 Å². The van der Waals surface area contributed by atoms with E-state index in [0.29, 0.717) is 21.3 Å². The van der Waals surface area contributed by atoms with Gasteiger partial charge >= 0.3 is 6.18 Å². The summed E-state index contributed by atoms with van der Waals surface area (Å²) in [5.74, 6) is -0.272. The van der Waals surface area contributed by atoms with Gasteiger partial charge in [0.25, 0.3) is 0 Å². The average Bonchev–Trinajstić information content (AvgIpc) is 2.68. The van der Waals surface area contributed by atoms with Crippen LogP contribution >= 0.6 is 15.9 Å². The largest absolute Gasteiger partial charge is 0.416 e. The van der Waals surface area contributed by atoms with E-state index >= 15 is 0 Å². The lowest BCUT2D eigenvalue weighted by Crippen LogP contribution is -2.07. The standard InChI is InChI=1S/C22H15BrF3NO/c23-19-12-5-4-11-18(19)21(28)14-20(15-7-2-1-3-8-15)27-17-10-6-9-16(13-17)22(24,25)26/h1-14,27H/b20-14+. The van der Waals surface area contributed by atoms with Crippen molar-refractivity contribution in [3.05, 3.63) is 106 Å². The zero-order chi connectivity index (χ0) is 20.1. The van der Waals surface area contributed by atoms with Gasteiger partial charge in [-0.1, -0.05) is 64.5 Å². The second-order valence-electron chi connectivity index (χ2n) is 5.97. The molecule has 0 saturated carbocycles. The minimum atomic E-state index is -4.45. The number of anilines is 1. The number of rotatable bonds is 5. The third-order valence-electron chi connectivity index (χ3n) is 3.97. The van der Waals surface area contributed by atoms with Crippen molar-refractivity contribution in [3.63, 3.8) is 0 Å². The van der Waals surface area contributed by atoms with Crippen LogP contribution in [0.25, 0.3) is 5.70 Å². The van der Waals surface area contributed by atoms with Gasteiger partial charge in [-0.05, 0) is 35.9 Å². The Morgan fingerprint density at radius 2 is 1.57 bits per heavy atom. The molecule has 142 valence electrons. The number of allylic oxidation sites excluding steroid dienone is 1. The highest BCUT2D eigenvalue weighted by atomic mass is 79.9. The second-order valence-corrected chi connectivity index (χ2v) is 6.83. The molecular formula is C22H15BrF3NO. The van der Waals surface area contributed by atoms with Crippen LogP contribution in [-0.2, 0) is 6.18 Å². The molecule has 3 aromatic rings.